The molecule has 1 unspecified atom stereocenters. The molecular formula is C18H16FN3O2. The molecule has 0 bridgehead atoms. The summed E-state index contributed by atoms with van der Waals surface area (Å²) in [6.45, 7) is 1.65. The molecule has 122 valence electrons. The first-order chi connectivity index (χ1) is 11.6. The van der Waals surface area contributed by atoms with Gasteiger partial charge in [0.05, 0.1) is 0 Å². The number of hydrogen-bond acceptors (Lipinski definition) is 5. The van der Waals surface area contributed by atoms with Crippen LogP contribution in [0.15, 0.2) is 41.1 Å². The minimum atomic E-state index is -1.24. The fourth-order valence-corrected chi connectivity index (χ4v) is 3.11. The quantitative estimate of drug-likeness (QED) is 0.784. The van der Waals surface area contributed by atoms with Gasteiger partial charge in [-0.25, -0.2) is 9.37 Å². The smallest absolute Gasteiger partial charge is 0.259 e. The Balaban J connectivity index is 1.69. The van der Waals surface area contributed by atoms with Crippen LogP contribution in [0.3, 0.4) is 0 Å². The third kappa shape index (κ3) is 2.39. The van der Waals surface area contributed by atoms with Crippen LogP contribution in [-0.2, 0) is 18.4 Å². The van der Waals surface area contributed by atoms with Crippen molar-refractivity contribution >= 4 is 0 Å². The van der Waals surface area contributed by atoms with Crippen LogP contribution >= 0.6 is 0 Å². The molecule has 6 heteroatoms. The molecule has 0 amide bonds. The van der Waals surface area contributed by atoms with Gasteiger partial charge in [0, 0.05) is 12.6 Å². The van der Waals surface area contributed by atoms with Gasteiger partial charge in [0.1, 0.15) is 11.3 Å². The van der Waals surface area contributed by atoms with Crippen LogP contribution in [0.1, 0.15) is 29.0 Å². The number of aliphatic hydroxyl groups is 1. The molecule has 24 heavy (non-hydrogen) atoms. The van der Waals surface area contributed by atoms with E-state index >= 15 is 0 Å². The molecule has 1 N–H and O–H groups in total. The Labute approximate surface area is 138 Å². The molecule has 0 saturated heterocycles. The normalized spacial score (nSPS) is 20.0. The highest BCUT2D eigenvalue weighted by molar-refractivity contribution is 5.50. The fraction of sp³-hybridized carbons (Fsp3) is 0.278. The van der Waals surface area contributed by atoms with Gasteiger partial charge in [-0.2, -0.15) is 4.98 Å². The largest absolute Gasteiger partial charge is 0.380 e. The maximum atomic E-state index is 14.2. The summed E-state index contributed by atoms with van der Waals surface area (Å²) in [5, 5.41) is 14.8. The molecule has 3 aromatic rings. The van der Waals surface area contributed by atoms with Crippen molar-refractivity contribution in [2.45, 2.75) is 31.8 Å². The molecule has 5 nitrogen and oxygen atoms in total. The zero-order valence-corrected chi connectivity index (χ0v) is 13.2. The summed E-state index contributed by atoms with van der Waals surface area (Å²) in [6.07, 6.45) is 3.10. The Hall–Kier alpha value is -2.60. The van der Waals surface area contributed by atoms with Gasteiger partial charge >= 0.3 is 0 Å². The SMILES string of the molecule is Cc1ccnc(-c2noc(C3(O)CCc4ccccc4C3)n2)c1F. The number of benzene rings is 1. The van der Waals surface area contributed by atoms with E-state index in [1.165, 1.54) is 11.8 Å². The van der Waals surface area contributed by atoms with Gasteiger partial charge in [-0.1, -0.05) is 29.4 Å². The van der Waals surface area contributed by atoms with E-state index in [0.29, 0.717) is 18.4 Å². The zero-order valence-electron chi connectivity index (χ0n) is 13.2. The van der Waals surface area contributed by atoms with E-state index < -0.39 is 11.4 Å². The van der Waals surface area contributed by atoms with Crippen molar-refractivity contribution in [3.05, 3.63) is 64.9 Å². The van der Waals surface area contributed by atoms with Crippen LogP contribution in [0.25, 0.3) is 11.5 Å². The number of pyridine rings is 1. The number of rotatable bonds is 2. The fourth-order valence-electron chi connectivity index (χ4n) is 3.11. The predicted molar refractivity (Wildman–Crippen MR) is 84.6 cm³/mol. The van der Waals surface area contributed by atoms with Crippen LogP contribution in [0.4, 0.5) is 4.39 Å². The number of nitrogens with zero attached hydrogens (tertiary/aromatic N) is 3. The summed E-state index contributed by atoms with van der Waals surface area (Å²) in [5.74, 6) is -0.320. The molecule has 2 heterocycles. The van der Waals surface area contributed by atoms with Gasteiger partial charge in [0.15, 0.2) is 5.82 Å². The molecule has 0 saturated carbocycles. The second kappa shape index (κ2) is 5.49. The van der Waals surface area contributed by atoms with Crippen LogP contribution < -0.4 is 0 Å². The van der Waals surface area contributed by atoms with Gasteiger partial charge in [0.25, 0.3) is 5.89 Å². The molecule has 0 spiro atoms. The first-order valence-electron chi connectivity index (χ1n) is 7.82. The average molecular weight is 325 g/mol. The highest BCUT2D eigenvalue weighted by atomic mass is 19.1. The Bertz CT molecular complexity index is 909. The highest BCUT2D eigenvalue weighted by Gasteiger charge is 2.39. The predicted octanol–water partition coefficient (Wildman–Crippen LogP) is 2.96. The Kier molecular flexibility index (Phi) is 3.42. The van der Waals surface area contributed by atoms with E-state index in [1.807, 2.05) is 18.2 Å². The van der Waals surface area contributed by atoms with Gasteiger partial charge < -0.3 is 9.63 Å². The summed E-state index contributed by atoms with van der Waals surface area (Å²) >= 11 is 0. The molecule has 0 fully saturated rings. The monoisotopic (exact) mass is 325 g/mol. The first kappa shape index (κ1) is 15.0. The Morgan fingerprint density at radius 2 is 2.00 bits per heavy atom. The summed E-state index contributed by atoms with van der Waals surface area (Å²) in [4.78, 5) is 8.21. The zero-order chi connectivity index (χ0) is 16.7. The third-order valence-corrected chi connectivity index (χ3v) is 4.53. The van der Waals surface area contributed by atoms with E-state index in [2.05, 4.69) is 21.2 Å². The number of aromatic nitrogens is 3. The molecule has 2 aromatic heterocycles. The number of halogens is 1. The highest BCUT2D eigenvalue weighted by Crippen LogP contribution is 2.36. The standard InChI is InChI=1S/C18H16FN3O2/c1-11-7-9-20-15(14(11)19)16-21-17(24-22-16)18(23)8-6-12-4-2-3-5-13(12)10-18/h2-5,7,9,23H,6,8,10H2,1H3. The summed E-state index contributed by atoms with van der Waals surface area (Å²) in [5.41, 5.74) is 1.53. The van der Waals surface area contributed by atoms with Crippen LogP contribution in [0.2, 0.25) is 0 Å². The van der Waals surface area contributed by atoms with E-state index in [-0.39, 0.29) is 17.4 Å². The summed E-state index contributed by atoms with van der Waals surface area (Å²) in [6, 6.07) is 9.54. The Morgan fingerprint density at radius 1 is 1.21 bits per heavy atom. The van der Waals surface area contributed by atoms with Crippen LogP contribution in [-0.4, -0.2) is 20.2 Å². The lowest BCUT2D eigenvalue weighted by Crippen LogP contribution is -2.33. The van der Waals surface area contributed by atoms with Crippen molar-refractivity contribution in [2.24, 2.45) is 0 Å². The lowest BCUT2D eigenvalue weighted by atomic mass is 9.80. The maximum Gasteiger partial charge on any atom is 0.259 e. The van der Waals surface area contributed by atoms with Crippen LogP contribution in [0.5, 0.6) is 0 Å². The lowest BCUT2D eigenvalue weighted by Gasteiger charge is -2.30. The lowest BCUT2D eigenvalue weighted by molar-refractivity contribution is -0.00860. The minimum Gasteiger partial charge on any atom is -0.380 e. The van der Waals surface area contributed by atoms with Gasteiger partial charge in [-0.05, 0) is 42.5 Å². The number of hydrogen-bond donors (Lipinski definition) is 1. The van der Waals surface area contributed by atoms with Crippen molar-refractivity contribution in [1.29, 1.82) is 0 Å². The first-order valence-corrected chi connectivity index (χ1v) is 7.82. The average Bonchev–Trinajstić information content (AvgIpc) is 3.08. The van der Waals surface area contributed by atoms with E-state index in [9.17, 15) is 9.50 Å². The molecule has 0 radical (unpaired) electrons. The molecule has 1 aliphatic carbocycles. The Morgan fingerprint density at radius 3 is 2.83 bits per heavy atom. The van der Waals surface area contributed by atoms with Gasteiger partial charge in [0.2, 0.25) is 5.82 Å². The van der Waals surface area contributed by atoms with E-state index in [0.717, 1.165) is 12.0 Å². The van der Waals surface area contributed by atoms with Gasteiger partial charge in [-0.15, -0.1) is 0 Å². The topological polar surface area (TPSA) is 72.0 Å². The van der Waals surface area contributed by atoms with Crippen molar-refractivity contribution < 1.29 is 14.0 Å². The number of fused-ring (bicyclic) bond motifs is 1. The van der Waals surface area contributed by atoms with E-state index in [4.69, 9.17) is 4.52 Å². The second-order valence-corrected chi connectivity index (χ2v) is 6.19. The maximum absolute atomic E-state index is 14.2. The number of aryl methyl sites for hydroxylation is 2. The van der Waals surface area contributed by atoms with Crippen LogP contribution in [0, 0.1) is 12.7 Å². The molecular weight excluding hydrogens is 309 g/mol. The van der Waals surface area contributed by atoms with Crippen molar-refractivity contribution in [2.75, 3.05) is 0 Å². The van der Waals surface area contributed by atoms with Crippen molar-refractivity contribution in [3.8, 4) is 11.5 Å². The molecule has 0 aliphatic heterocycles. The molecule has 4 rings (SSSR count). The van der Waals surface area contributed by atoms with Crippen molar-refractivity contribution in [1.82, 2.24) is 15.1 Å². The molecule has 1 aliphatic rings. The van der Waals surface area contributed by atoms with Gasteiger partial charge in [-0.3, -0.25) is 0 Å². The second-order valence-electron chi connectivity index (χ2n) is 6.19. The summed E-state index contributed by atoms with van der Waals surface area (Å²) < 4.78 is 19.4. The minimum absolute atomic E-state index is 0.0322. The third-order valence-electron chi connectivity index (χ3n) is 4.53. The summed E-state index contributed by atoms with van der Waals surface area (Å²) in [7, 11) is 0. The van der Waals surface area contributed by atoms with E-state index in [1.54, 1.807) is 13.0 Å². The molecule has 1 atom stereocenters. The van der Waals surface area contributed by atoms with Crippen molar-refractivity contribution in [3.63, 3.8) is 0 Å². The molecule has 1 aromatic carbocycles.